The monoisotopic (exact) mass is 1350 g/mol. The SMILES string of the molecule is CC[C@H](C)[C@@H]([C@@H](CC(=O)N1CCC[C@H]1[C@H](OC)[C@@H](C)C(=O)N[C@@H](Cc1ccccc1)c1nccs1)OC)N(C)C(=O)[C@@H](NC(=O)C(C(C)C)N(C)C(=O)OCc1ccc(NC(=O)[C@H](CCCNC(N)=O)NC(=O)C(NC(=O)[C@H](CCCCN)NC(C)=O)C(C)C)cc1)C(C)C. The number of likely N-dealkylation sites (tertiary alicyclic amines) is 1. The van der Waals surface area contributed by atoms with Gasteiger partial charge in [0, 0.05) is 65.6 Å². The van der Waals surface area contributed by atoms with Crippen LogP contribution in [0.5, 0.6) is 0 Å². The number of carbonyl (C=O) groups excluding carboxylic acids is 10. The number of urea groups is 1. The molecule has 1 fully saturated rings. The summed E-state index contributed by atoms with van der Waals surface area (Å²) in [6.45, 7) is 18.4. The van der Waals surface area contributed by atoms with Crippen LogP contribution < -0.4 is 48.7 Å². The van der Waals surface area contributed by atoms with E-state index in [1.165, 1.54) is 37.3 Å². The Hall–Kier alpha value is -7.75. The number of nitrogens with zero attached hydrogens (tertiary/aromatic N) is 4. The lowest BCUT2D eigenvalue weighted by atomic mass is 9.89. The van der Waals surface area contributed by atoms with E-state index in [-0.39, 0.29) is 56.2 Å². The lowest BCUT2D eigenvalue weighted by molar-refractivity contribution is -0.148. The van der Waals surface area contributed by atoms with Crippen LogP contribution in [0.15, 0.2) is 66.2 Å². The number of anilines is 1. The van der Waals surface area contributed by atoms with Crippen molar-refractivity contribution in [1.29, 1.82) is 0 Å². The highest BCUT2D eigenvalue weighted by molar-refractivity contribution is 7.09. The zero-order valence-electron chi connectivity index (χ0n) is 58.1. The molecule has 0 aliphatic carbocycles. The van der Waals surface area contributed by atoms with E-state index in [1.54, 1.807) is 82.1 Å². The van der Waals surface area contributed by atoms with Crippen molar-refractivity contribution in [2.24, 2.45) is 41.1 Å². The molecule has 26 nitrogen and oxygen atoms in total. The van der Waals surface area contributed by atoms with E-state index in [0.29, 0.717) is 69.3 Å². The van der Waals surface area contributed by atoms with E-state index in [1.807, 2.05) is 70.3 Å². The molecule has 1 aromatic heterocycles. The summed E-state index contributed by atoms with van der Waals surface area (Å²) in [7, 11) is 6.16. The number of primary amides is 1. The van der Waals surface area contributed by atoms with Gasteiger partial charge in [0.15, 0.2) is 0 Å². The number of nitrogens with two attached hydrogens (primary N) is 2. The van der Waals surface area contributed by atoms with E-state index in [4.69, 9.17) is 25.7 Å². The normalized spacial score (nSPS) is 16.5. The second-order valence-electron chi connectivity index (χ2n) is 25.7. The third-order valence-corrected chi connectivity index (χ3v) is 18.4. The molecular formula is C68H107N13O13S. The number of carbonyl (C=O) groups is 10. The highest BCUT2D eigenvalue weighted by Crippen LogP contribution is 2.31. The molecule has 1 aliphatic rings. The molecule has 0 saturated carbocycles. The number of methoxy groups -OCH3 is 2. The number of unbranched alkanes of at least 4 members (excludes halogenated alkanes) is 1. The van der Waals surface area contributed by atoms with Crippen LogP contribution in [0.1, 0.15) is 149 Å². The molecule has 1 aliphatic heterocycles. The minimum absolute atomic E-state index is 0.0683. The molecule has 95 heavy (non-hydrogen) atoms. The van der Waals surface area contributed by atoms with Gasteiger partial charge in [-0.05, 0) is 105 Å². The molecule has 3 aromatic rings. The van der Waals surface area contributed by atoms with Crippen molar-refractivity contribution in [3.05, 3.63) is 82.3 Å². The molecule has 12 atom stereocenters. The average molecular weight is 1350 g/mol. The third-order valence-electron chi connectivity index (χ3n) is 17.5. The summed E-state index contributed by atoms with van der Waals surface area (Å²) in [5, 5.41) is 22.2. The van der Waals surface area contributed by atoms with Gasteiger partial charge < -0.3 is 72.7 Å². The van der Waals surface area contributed by atoms with Crippen LogP contribution in [-0.4, -0.2) is 182 Å². The fourth-order valence-electron chi connectivity index (χ4n) is 12.1. The Bertz CT molecular complexity index is 2940. The maximum Gasteiger partial charge on any atom is 0.410 e. The quantitative estimate of drug-likeness (QED) is 0.0317. The lowest BCUT2D eigenvalue weighted by Gasteiger charge is -2.41. The Labute approximate surface area is 565 Å². The molecule has 4 rings (SSSR count). The molecule has 528 valence electrons. The summed E-state index contributed by atoms with van der Waals surface area (Å²) in [5.41, 5.74) is 12.8. The first-order chi connectivity index (χ1) is 45.1. The topological polar surface area (TPSA) is 357 Å². The van der Waals surface area contributed by atoms with Crippen LogP contribution >= 0.6 is 11.3 Å². The molecule has 0 radical (unpaired) electrons. The van der Waals surface area contributed by atoms with Crippen molar-refractivity contribution in [2.75, 3.05) is 53.3 Å². The van der Waals surface area contributed by atoms with Gasteiger partial charge in [-0.1, -0.05) is 111 Å². The average Bonchev–Trinajstić information content (AvgIpc) is 1.80. The number of benzene rings is 2. The minimum atomic E-state index is -1.14. The molecule has 2 heterocycles. The van der Waals surface area contributed by atoms with E-state index in [0.717, 1.165) is 10.6 Å². The third kappa shape index (κ3) is 24.4. The van der Waals surface area contributed by atoms with Gasteiger partial charge in [-0.25, -0.2) is 14.6 Å². The summed E-state index contributed by atoms with van der Waals surface area (Å²) in [6.07, 6.45) is 3.71. The number of amides is 11. The van der Waals surface area contributed by atoms with Crippen molar-refractivity contribution in [1.82, 2.24) is 51.6 Å². The van der Waals surface area contributed by atoms with Crippen molar-refractivity contribution in [2.45, 2.75) is 201 Å². The van der Waals surface area contributed by atoms with Gasteiger partial charge in [-0.3, -0.25) is 43.3 Å². The summed E-state index contributed by atoms with van der Waals surface area (Å²) < 4.78 is 17.9. The van der Waals surface area contributed by atoms with Gasteiger partial charge in [0.1, 0.15) is 41.8 Å². The Morgan fingerprint density at radius 3 is 1.93 bits per heavy atom. The van der Waals surface area contributed by atoms with E-state index >= 15 is 0 Å². The van der Waals surface area contributed by atoms with Crippen molar-refractivity contribution < 1.29 is 62.2 Å². The molecule has 2 aromatic carbocycles. The molecule has 11 N–H and O–H groups in total. The van der Waals surface area contributed by atoms with Crippen LogP contribution in [0, 0.1) is 29.6 Å². The molecule has 0 spiro atoms. The van der Waals surface area contributed by atoms with Crippen molar-refractivity contribution in [3.8, 4) is 0 Å². The second-order valence-corrected chi connectivity index (χ2v) is 26.7. The number of hydrogen-bond donors (Lipinski definition) is 9. The minimum Gasteiger partial charge on any atom is -0.445 e. The number of rotatable bonds is 39. The fraction of sp³-hybridized carbons (Fsp3) is 0.632. The highest BCUT2D eigenvalue weighted by Gasteiger charge is 2.44. The zero-order valence-corrected chi connectivity index (χ0v) is 58.9. The smallest absolute Gasteiger partial charge is 0.410 e. The van der Waals surface area contributed by atoms with E-state index in [9.17, 15) is 47.9 Å². The first-order valence-electron chi connectivity index (χ1n) is 33.1. The zero-order chi connectivity index (χ0) is 70.6. The predicted molar refractivity (Wildman–Crippen MR) is 364 cm³/mol. The van der Waals surface area contributed by atoms with E-state index in [2.05, 4.69) is 42.2 Å². The number of hydrogen-bond acceptors (Lipinski definition) is 16. The second kappa shape index (κ2) is 40.0. The Balaban J connectivity index is 1.42. The number of likely N-dealkylation sites (N-methyl/N-ethyl adjacent to an activating group) is 2. The molecule has 27 heteroatoms. The van der Waals surface area contributed by atoms with E-state index < -0.39 is 126 Å². The van der Waals surface area contributed by atoms with Crippen molar-refractivity contribution in [3.63, 3.8) is 0 Å². The van der Waals surface area contributed by atoms with Gasteiger partial charge in [-0.15, -0.1) is 11.3 Å². The van der Waals surface area contributed by atoms with Crippen LogP contribution in [0.4, 0.5) is 15.3 Å². The summed E-state index contributed by atoms with van der Waals surface area (Å²) in [4.78, 5) is 145. The van der Waals surface area contributed by atoms with Crippen LogP contribution in [-0.2, 0) is 65.6 Å². The molecule has 0 bridgehead atoms. The number of thiazole rings is 1. The van der Waals surface area contributed by atoms with Crippen LogP contribution in [0.2, 0.25) is 0 Å². The lowest BCUT2D eigenvalue weighted by Crippen LogP contribution is -2.60. The fourth-order valence-corrected chi connectivity index (χ4v) is 12.8. The Morgan fingerprint density at radius 1 is 0.716 bits per heavy atom. The van der Waals surface area contributed by atoms with Gasteiger partial charge >= 0.3 is 12.1 Å². The van der Waals surface area contributed by atoms with Crippen LogP contribution in [0.25, 0.3) is 0 Å². The van der Waals surface area contributed by atoms with Gasteiger partial charge in [0.25, 0.3) is 0 Å². The molecule has 2 unspecified atom stereocenters. The first-order valence-corrected chi connectivity index (χ1v) is 34.0. The maximum absolute atomic E-state index is 14.9. The van der Waals surface area contributed by atoms with Crippen LogP contribution in [0.3, 0.4) is 0 Å². The summed E-state index contributed by atoms with van der Waals surface area (Å²) >= 11 is 1.47. The number of nitrogens with one attached hydrogen (secondary N) is 7. The van der Waals surface area contributed by atoms with Crippen molar-refractivity contribution >= 4 is 76.4 Å². The molecule has 11 amide bonds. The standard InChI is InChI=1S/C68H107N13O13S/c1-15-43(8)58(53(92-13)38-54(83)81-35-22-27-52(81)59(93-14)44(9)60(84)76-51(65-71-34-36-95-65)37-46-23-17-16-18-24-46)79(11)66(89)56(41(4)5)78-64(88)57(42(6)7)80(12)68(91)94-39-47-28-30-48(31-29-47)74-61(85)50(26-21-33-72-67(70)90)75-63(87)55(40(2)3)77-62(86)49(73-45(10)82)25-19-20-32-69/h16-18,23-24,28-31,34,36,40-44,49-53,55-59H,15,19-22,25-27,32-33,35,37-39,69H2,1-14H3,(H,73,82)(H,74,85)(H,75,87)(H,76,84)(H,77,86)(H,78,88)(H3,70,72,90)/t43-,44+,49-,50-,51-,52-,53+,55?,56-,57?,58-,59+/m0/s1. The Kier molecular flexibility index (Phi) is 33.5. The van der Waals surface area contributed by atoms with Gasteiger partial charge in [-0.2, -0.15) is 0 Å². The summed E-state index contributed by atoms with van der Waals surface area (Å²) in [6, 6.07) is 8.83. The maximum atomic E-state index is 14.9. The Morgan fingerprint density at radius 2 is 1.36 bits per heavy atom. The highest BCUT2D eigenvalue weighted by atomic mass is 32.1. The molecular weight excluding hydrogens is 1240 g/mol. The first kappa shape index (κ1) is 79.7. The van der Waals surface area contributed by atoms with Gasteiger partial charge in [0.05, 0.1) is 42.7 Å². The number of aromatic nitrogens is 1. The summed E-state index contributed by atoms with van der Waals surface area (Å²) in [5.74, 6) is -5.76. The predicted octanol–water partition coefficient (Wildman–Crippen LogP) is 5.54. The van der Waals surface area contributed by atoms with Gasteiger partial charge in [0.2, 0.25) is 47.3 Å². The number of ether oxygens (including phenoxy) is 3. The molecule has 1 saturated heterocycles. The largest absolute Gasteiger partial charge is 0.445 e.